The first-order chi connectivity index (χ1) is 11.0. The zero-order valence-corrected chi connectivity index (χ0v) is 15.0. The Morgan fingerprint density at radius 2 is 1.65 bits per heavy atom. The average molecular weight is 308 g/mol. The lowest BCUT2D eigenvalue weighted by molar-refractivity contribution is 0.580. The highest BCUT2D eigenvalue weighted by molar-refractivity contribution is 5.75. The Balaban J connectivity index is 1.98. The van der Waals surface area contributed by atoms with Crippen molar-refractivity contribution in [1.82, 2.24) is 0 Å². The molecule has 1 aliphatic rings. The monoisotopic (exact) mass is 308 g/mol. The number of hydrogen-bond donors (Lipinski definition) is 1. The number of fused-ring (bicyclic) bond motifs is 1. The molecule has 0 radical (unpaired) electrons. The molecule has 0 aromatic heterocycles. The highest BCUT2D eigenvalue weighted by atomic mass is 15.2. The minimum atomic E-state index is 0.547. The molecule has 0 spiro atoms. The second-order valence-electron chi connectivity index (χ2n) is 6.94. The first-order valence-electron chi connectivity index (χ1n) is 8.67. The van der Waals surface area contributed by atoms with Crippen molar-refractivity contribution in [2.24, 2.45) is 0 Å². The Bertz CT molecular complexity index is 718. The molecule has 0 amide bonds. The molecule has 2 nitrogen and oxygen atoms in total. The first kappa shape index (κ1) is 15.9. The molecule has 0 aliphatic carbocycles. The Hall–Kier alpha value is -1.96. The van der Waals surface area contributed by atoms with Crippen molar-refractivity contribution in [2.45, 2.75) is 53.6 Å². The van der Waals surface area contributed by atoms with Gasteiger partial charge < -0.3 is 10.2 Å². The minimum Gasteiger partial charge on any atom is -0.381 e. The van der Waals surface area contributed by atoms with Gasteiger partial charge in [0.15, 0.2) is 0 Å². The van der Waals surface area contributed by atoms with Gasteiger partial charge in [-0.15, -0.1) is 0 Å². The Morgan fingerprint density at radius 1 is 0.957 bits per heavy atom. The fourth-order valence-electron chi connectivity index (χ4n) is 3.39. The molecule has 1 atom stereocenters. The van der Waals surface area contributed by atoms with Gasteiger partial charge >= 0.3 is 0 Å². The van der Waals surface area contributed by atoms with Crippen LogP contribution in [0.15, 0.2) is 30.3 Å². The molecule has 1 heterocycles. The summed E-state index contributed by atoms with van der Waals surface area (Å²) in [5, 5.41) is 3.63. The summed E-state index contributed by atoms with van der Waals surface area (Å²) in [6.07, 6.45) is 1.16. The van der Waals surface area contributed by atoms with Crippen LogP contribution in [-0.2, 0) is 6.54 Å². The van der Waals surface area contributed by atoms with E-state index in [-0.39, 0.29) is 0 Å². The fraction of sp³-hybridized carbons (Fsp3) is 0.429. The van der Waals surface area contributed by atoms with Crippen molar-refractivity contribution in [3.05, 3.63) is 58.1 Å². The van der Waals surface area contributed by atoms with E-state index in [0.717, 1.165) is 19.5 Å². The van der Waals surface area contributed by atoms with Crippen molar-refractivity contribution < 1.29 is 0 Å². The van der Waals surface area contributed by atoms with E-state index in [2.05, 4.69) is 75.2 Å². The minimum absolute atomic E-state index is 0.547. The van der Waals surface area contributed by atoms with Crippen LogP contribution in [0.25, 0.3) is 0 Å². The maximum atomic E-state index is 3.63. The maximum Gasteiger partial charge on any atom is 0.0611 e. The van der Waals surface area contributed by atoms with E-state index in [1.165, 1.54) is 39.2 Å². The first-order valence-corrected chi connectivity index (χ1v) is 8.67. The second kappa shape index (κ2) is 6.27. The summed E-state index contributed by atoms with van der Waals surface area (Å²) in [5.74, 6) is 0. The molecule has 3 rings (SSSR count). The van der Waals surface area contributed by atoms with E-state index in [9.17, 15) is 0 Å². The van der Waals surface area contributed by atoms with Crippen LogP contribution in [0.2, 0.25) is 0 Å². The lowest BCUT2D eigenvalue weighted by Gasteiger charge is -2.40. The van der Waals surface area contributed by atoms with Crippen LogP contribution in [-0.4, -0.2) is 12.6 Å². The van der Waals surface area contributed by atoms with E-state index >= 15 is 0 Å². The van der Waals surface area contributed by atoms with Crippen LogP contribution in [0.5, 0.6) is 0 Å². The van der Waals surface area contributed by atoms with E-state index in [0.29, 0.717) is 6.04 Å². The van der Waals surface area contributed by atoms with Crippen LogP contribution in [0.1, 0.15) is 41.2 Å². The van der Waals surface area contributed by atoms with Crippen LogP contribution in [0.4, 0.5) is 11.4 Å². The number of anilines is 2. The van der Waals surface area contributed by atoms with Crippen LogP contribution >= 0.6 is 0 Å². The molecular formula is C21H28N2. The van der Waals surface area contributed by atoms with Gasteiger partial charge in [-0.2, -0.15) is 0 Å². The van der Waals surface area contributed by atoms with Crippen molar-refractivity contribution in [1.29, 1.82) is 0 Å². The van der Waals surface area contributed by atoms with E-state index in [1.54, 1.807) is 0 Å². The SMILES string of the molecule is CCC1CNc2cc(C)c(C)cc2N1Cc1ccc(C)c(C)c1. The number of nitrogens with zero attached hydrogens (tertiary/aromatic N) is 1. The molecule has 2 aromatic rings. The average Bonchev–Trinajstić information content (AvgIpc) is 2.53. The van der Waals surface area contributed by atoms with Gasteiger partial charge in [0.25, 0.3) is 0 Å². The quantitative estimate of drug-likeness (QED) is 0.845. The smallest absolute Gasteiger partial charge is 0.0611 e. The normalized spacial score (nSPS) is 16.9. The molecule has 0 saturated heterocycles. The summed E-state index contributed by atoms with van der Waals surface area (Å²) in [5.41, 5.74) is 9.51. The highest BCUT2D eigenvalue weighted by Gasteiger charge is 2.25. The number of hydrogen-bond acceptors (Lipinski definition) is 2. The molecule has 1 unspecified atom stereocenters. The Kier molecular flexibility index (Phi) is 4.34. The molecule has 0 saturated carbocycles. The van der Waals surface area contributed by atoms with E-state index in [1.807, 2.05) is 0 Å². The zero-order valence-electron chi connectivity index (χ0n) is 15.0. The van der Waals surface area contributed by atoms with Gasteiger partial charge in [0.05, 0.1) is 11.4 Å². The zero-order chi connectivity index (χ0) is 16.6. The number of rotatable bonds is 3. The summed E-state index contributed by atoms with van der Waals surface area (Å²) in [6.45, 7) is 13.1. The van der Waals surface area contributed by atoms with E-state index in [4.69, 9.17) is 0 Å². The summed E-state index contributed by atoms with van der Waals surface area (Å²) < 4.78 is 0. The highest BCUT2D eigenvalue weighted by Crippen LogP contribution is 2.36. The van der Waals surface area contributed by atoms with Crippen molar-refractivity contribution >= 4 is 11.4 Å². The van der Waals surface area contributed by atoms with Crippen LogP contribution < -0.4 is 10.2 Å². The Labute approximate surface area is 140 Å². The van der Waals surface area contributed by atoms with Gasteiger partial charge in [-0.1, -0.05) is 25.1 Å². The molecular weight excluding hydrogens is 280 g/mol. The molecule has 1 aliphatic heterocycles. The summed E-state index contributed by atoms with van der Waals surface area (Å²) >= 11 is 0. The molecule has 0 bridgehead atoms. The second-order valence-corrected chi connectivity index (χ2v) is 6.94. The summed E-state index contributed by atoms with van der Waals surface area (Å²) in [7, 11) is 0. The van der Waals surface area contributed by atoms with Gasteiger partial charge in [-0.3, -0.25) is 0 Å². The third kappa shape index (κ3) is 3.08. The van der Waals surface area contributed by atoms with Gasteiger partial charge in [-0.25, -0.2) is 0 Å². The Morgan fingerprint density at radius 3 is 2.35 bits per heavy atom. The van der Waals surface area contributed by atoms with E-state index < -0.39 is 0 Å². The lowest BCUT2D eigenvalue weighted by Crippen LogP contribution is -2.43. The van der Waals surface area contributed by atoms with Crippen molar-refractivity contribution in [2.75, 3.05) is 16.8 Å². The fourth-order valence-corrected chi connectivity index (χ4v) is 3.39. The lowest BCUT2D eigenvalue weighted by atomic mass is 10.00. The van der Waals surface area contributed by atoms with Crippen LogP contribution in [0, 0.1) is 27.7 Å². The predicted molar refractivity (Wildman–Crippen MR) is 101 cm³/mol. The number of nitrogens with one attached hydrogen (secondary N) is 1. The maximum absolute atomic E-state index is 3.63. The molecule has 122 valence electrons. The topological polar surface area (TPSA) is 15.3 Å². The molecule has 2 aromatic carbocycles. The van der Waals surface area contributed by atoms with Crippen LogP contribution in [0.3, 0.4) is 0 Å². The van der Waals surface area contributed by atoms with Gasteiger partial charge in [0.2, 0.25) is 0 Å². The standard InChI is InChI=1S/C21H28N2/c1-6-19-12-22-20-10-16(4)17(5)11-21(20)23(19)13-18-8-7-14(2)15(3)9-18/h7-11,19,22H,6,12-13H2,1-5H3. The van der Waals surface area contributed by atoms with Gasteiger partial charge in [0.1, 0.15) is 0 Å². The third-order valence-electron chi connectivity index (χ3n) is 5.29. The molecule has 0 fully saturated rings. The molecule has 1 N–H and O–H groups in total. The number of aryl methyl sites for hydroxylation is 4. The third-order valence-corrected chi connectivity index (χ3v) is 5.29. The summed E-state index contributed by atoms with van der Waals surface area (Å²) in [4.78, 5) is 2.59. The predicted octanol–water partition coefficient (Wildman–Crippen LogP) is 5.13. The largest absolute Gasteiger partial charge is 0.381 e. The van der Waals surface area contributed by atoms with Gasteiger partial charge in [-0.05, 0) is 74.1 Å². The van der Waals surface area contributed by atoms with Crippen molar-refractivity contribution in [3.63, 3.8) is 0 Å². The van der Waals surface area contributed by atoms with Gasteiger partial charge in [0, 0.05) is 19.1 Å². The summed E-state index contributed by atoms with van der Waals surface area (Å²) in [6, 6.07) is 12.0. The number of benzene rings is 2. The molecule has 2 heteroatoms. The van der Waals surface area contributed by atoms with Crippen molar-refractivity contribution in [3.8, 4) is 0 Å². The molecule has 23 heavy (non-hydrogen) atoms.